The van der Waals surface area contributed by atoms with Crippen molar-refractivity contribution in [2.45, 2.75) is 44.7 Å². The third-order valence-corrected chi connectivity index (χ3v) is 3.42. The lowest BCUT2D eigenvalue weighted by Crippen LogP contribution is -2.42. The topological polar surface area (TPSA) is 97.2 Å². The van der Waals surface area contributed by atoms with Gasteiger partial charge >= 0.3 is 0 Å². The molecule has 1 aliphatic carbocycles. The Labute approximate surface area is 116 Å². The average Bonchev–Trinajstić information content (AvgIpc) is 2.92. The van der Waals surface area contributed by atoms with Crippen molar-refractivity contribution >= 4 is 17.4 Å². The summed E-state index contributed by atoms with van der Waals surface area (Å²) in [6.45, 7) is 1.74. The fraction of sp³-hybridized carbons (Fsp3) is 0.538. The van der Waals surface area contributed by atoms with Gasteiger partial charge in [0.1, 0.15) is 18.1 Å². The minimum absolute atomic E-state index is 0.0707. The van der Waals surface area contributed by atoms with Crippen LogP contribution in [0.25, 0.3) is 0 Å². The second-order valence-electron chi connectivity index (χ2n) is 5.01. The third-order valence-electron chi connectivity index (χ3n) is 3.42. The number of pyridine rings is 1. The van der Waals surface area contributed by atoms with Gasteiger partial charge in [0, 0.05) is 12.1 Å². The molecule has 7 heteroatoms. The van der Waals surface area contributed by atoms with Crippen molar-refractivity contribution in [3.8, 4) is 0 Å². The van der Waals surface area contributed by atoms with Gasteiger partial charge < -0.3 is 10.6 Å². The molecule has 1 amide bonds. The highest BCUT2D eigenvalue weighted by Gasteiger charge is 2.20. The van der Waals surface area contributed by atoms with E-state index in [0.29, 0.717) is 5.82 Å². The number of nitrogens with zero attached hydrogens (tertiary/aromatic N) is 2. The molecule has 2 N–H and O–H groups in total. The highest BCUT2D eigenvalue weighted by atomic mass is 16.6. The molecule has 108 valence electrons. The molecule has 2 rings (SSSR count). The van der Waals surface area contributed by atoms with Gasteiger partial charge in [0.2, 0.25) is 5.91 Å². The molecule has 20 heavy (non-hydrogen) atoms. The number of nitrogens with one attached hydrogen (secondary N) is 2. The van der Waals surface area contributed by atoms with Crippen molar-refractivity contribution in [3.63, 3.8) is 0 Å². The average molecular weight is 278 g/mol. The van der Waals surface area contributed by atoms with Crippen LogP contribution in [0.5, 0.6) is 0 Å². The highest BCUT2D eigenvalue weighted by molar-refractivity contribution is 5.84. The lowest BCUT2D eigenvalue weighted by Gasteiger charge is -2.18. The number of anilines is 1. The molecule has 0 saturated heterocycles. The smallest absolute Gasteiger partial charge is 0.287 e. The van der Waals surface area contributed by atoms with E-state index in [4.69, 9.17) is 0 Å². The van der Waals surface area contributed by atoms with Gasteiger partial charge in [0.15, 0.2) is 0 Å². The van der Waals surface area contributed by atoms with E-state index in [-0.39, 0.29) is 17.6 Å². The van der Waals surface area contributed by atoms with Gasteiger partial charge in [-0.2, -0.15) is 0 Å². The van der Waals surface area contributed by atoms with E-state index in [1.54, 1.807) is 6.92 Å². The molecule has 0 spiro atoms. The molecule has 1 heterocycles. The second kappa shape index (κ2) is 6.31. The summed E-state index contributed by atoms with van der Waals surface area (Å²) in [4.78, 5) is 25.9. The third kappa shape index (κ3) is 3.66. The Morgan fingerprint density at radius 1 is 1.45 bits per heavy atom. The summed E-state index contributed by atoms with van der Waals surface area (Å²) in [7, 11) is 0. The van der Waals surface area contributed by atoms with Crippen LogP contribution in [-0.4, -0.2) is 27.9 Å². The molecule has 0 aromatic carbocycles. The number of rotatable bonds is 5. The van der Waals surface area contributed by atoms with Crippen molar-refractivity contribution in [1.82, 2.24) is 10.3 Å². The van der Waals surface area contributed by atoms with Crippen LogP contribution < -0.4 is 10.6 Å². The Morgan fingerprint density at radius 3 is 2.70 bits per heavy atom. The molecular formula is C13H18N4O3. The number of hydrogen-bond acceptors (Lipinski definition) is 5. The Hall–Kier alpha value is -2.18. The molecule has 0 aliphatic heterocycles. The van der Waals surface area contributed by atoms with Crippen LogP contribution in [0.1, 0.15) is 32.6 Å². The lowest BCUT2D eigenvalue weighted by molar-refractivity contribution is -0.385. The standard InChI is InChI=1S/C13H18N4O3/c1-9(13(18)16-10-4-2-3-5-10)15-12-7-6-11(8-14-12)17(19)20/h6-10H,2-5H2,1H3,(H,14,15)(H,16,18)/t9-/m1/s1. The Bertz CT molecular complexity index is 483. The van der Waals surface area contributed by atoms with Crippen LogP contribution >= 0.6 is 0 Å². The van der Waals surface area contributed by atoms with Crippen LogP contribution in [0.3, 0.4) is 0 Å². The number of nitro groups is 1. The molecule has 1 fully saturated rings. The first-order chi connectivity index (χ1) is 9.56. The van der Waals surface area contributed by atoms with Gasteiger partial charge in [-0.15, -0.1) is 0 Å². The van der Waals surface area contributed by atoms with Gasteiger partial charge in [-0.3, -0.25) is 14.9 Å². The summed E-state index contributed by atoms with van der Waals surface area (Å²) in [5.74, 6) is 0.377. The summed E-state index contributed by atoms with van der Waals surface area (Å²) in [5.41, 5.74) is -0.0707. The molecule has 1 aliphatic rings. The first-order valence-electron chi connectivity index (χ1n) is 6.73. The molecule has 1 aromatic rings. The predicted octanol–water partition coefficient (Wildman–Crippen LogP) is 1.85. The minimum atomic E-state index is -0.507. The minimum Gasteiger partial charge on any atom is -0.359 e. The van der Waals surface area contributed by atoms with Gasteiger partial charge in [-0.25, -0.2) is 4.98 Å². The molecule has 1 saturated carbocycles. The fourth-order valence-corrected chi connectivity index (χ4v) is 2.26. The Morgan fingerprint density at radius 2 is 2.15 bits per heavy atom. The van der Waals surface area contributed by atoms with Gasteiger partial charge in [-0.05, 0) is 25.8 Å². The maximum Gasteiger partial charge on any atom is 0.287 e. The van der Waals surface area contributed by atoms with E-state index in [9.17, 15) is 14.9 Å². The summed E-state index contributed by atoms with van der Waals surface area (Å²) < 4.78 is 0. The summed E-state index contributed by atoms with van der Waals surface area (Å²) >= 11 is 0. The number of hydrogen-bond donors (Lipinski definition) is 2. The quantitative estimate of drug-likeness (QED) is 0.632. The van der Waals surface area contributed by atoms with E-state index in [1.165, 1.54) is 18.3 Å². The molecule has 7 nitrogen and oxygen atoms in total. The van der Waals surface area contributed by atoms with Crippen molar-refractivity contribution in [2.24, 2.45) is 0 Å². The first kappa shape index (κ1) is 14.2. The number of aromatic nitrogens is 1. The zero-order chi connectivity index (χ0) is 14.5. The Balaban J connectivity index is 1.87. The van der Waals surface area contributed by atoms with Gasteiger partial charge in [0.05, 0.1) is 4.92 Å². The van der Waals surface area contributed by atoms with E-state index >= 15 is 0 Å². The van der Waals surface area contributed by atoms with Gasteiger partial charge in [-0.1, -0.05) is 12.8 Å². The molecule has 1 atom stereocenters. The maximum atomic E-state index is 12.0. The summed E-state index contributed by atoms with van der Waals surface area (Å²) in [6, 6.07) is 2.70. The normalized spacial score (nSPS) is 16.6. The Kier molecular flexibility index (Phi) is 4.49. The van der Waals surface area contributed by atoms with E-state index in [1.807, 2.05) is 0 Å². The van der Waals surface area contributed by atoms with Crippen LogP contribution in [-0.2, 0) is 4.79 Å². The van der Waals surface area contributed by atoms with Crippen LogP contribution in [0.4, 0.5) is 11.5 Å². The first-order valence-corrected chi connectivity index (χ1v) is 6.73. The van der Waals surface area contributed by atoms with Crippen LogP contribution in [0.15, 0.2) is 18.3 Å². The SMILES string of the molecule is C[C@@H](Nc1ccc([N+](=O)[O-])cn1)C(=O)NC1CCCC1. The molecule has 0 unspecified atom stereocenters. The van der Waals surface area contributed by atoms with E-state index < -0.39 is 11.0 Å². The zero-order valence-electron chi connectivity index (χ0n) is 11.3. The van der Waals surface area contributed by atoms with Crippen molar-refractivity contribution in [1.29, 1.82) is 0 Å². The van der Waals surface area contributed by atoms with E-state index in [2.05, 4.69) is 15.6 Å². The van der Waals surface area contributed by atoms with Crippen LogP contribution in [0, 0.1) is 10.1 Å². The predicted molar refractivity (Wildman–Crippen MR) is 74.4 cm³/mol. The summed E-state index contributed by atoms with van der Waals surface area (Å²) in [5, 5.41) is 16.4. The van der Waals surface area contributed by atoms with Crippen molar-refractivity contribution in [2.75, 3.05) is 5.32 Å². The molecule has 1 aromatic heterocycles. The monoisotopic (exact) mass is 278 g/mol. The largest absolute Gasteiger partial charge is 0.359 e. The number of carbonyl (C=O) groups is 1. The maximum absolute atomic E-state index is 12.0. The zero-order valence-corrected chi connectivity index (χ0v) is 11.3. The van der Waals surface area contributed by atoms with Crippen LogP contribution in [0.2, 0.25) is 0 Å². The number of carbonyl (C=O) groups excluding carboxylic acids is 1. The second-order valence-corrected chi connectivity index (χ2v) is 5.01. The number of amides is 1. The fourth-order valence-electron chi connectivity index (χ4n) is 2.26. The lowest BCUT2D eigenvalue weighted by atomic mass is 10.2. The van der Waals surface area contributed by atoms with E-state index in [0.717, 1.165) is 25.7 Å². The molecule has 0 bridgehead atoms. The van der Waals surface area contributed by atoms with Crippen molar-refractivity contribution in [3.05, 3.63) is 28.4 Å². The highest BCUT2D eigenvalue weighted by Crippen LogP contribution is 2.18. The molecule has 0 radical (unpaired) electrons. The summed E-state index contributed by atoms with van der Waals surface area (Å²) in [6.07, 6.45) is 5.57. The molecular weight excluding hydrogens is 260 g/mol. The van der Waals surface area contributed by atoms with Crippen molar-refractivity contribution < 1.29 is 9.72 Å². The van der Waals surface area contributed by atoms with Gasteiger partial charge in [0.25, 0.3) is 5.69 Å².